The zero-order valence-corrected chi connectivity index (χ0v) is 9.37. The maximum atomic E-state index is 13.0. The van der Waals surface area contributed by atoms with Gasteiger partial charge in [0.1, 0.15) is 0 Å². The Morgan fingerprint density at radius 2 is 1.47 bits per heavy atom. The van der Waals surface area contributed by atoms with Crippen LogP contribution in [0.2, 0.25) is 0 Å². The van der Waals surface area contributed by atoms with E-state index in [4.69, 9.17) is 0 Å². The van der Waals surface area contributed by atoms with Crippen LogP contribution in [0.1, 0.15) is 13.3 Å². The summed E-state index contributed by atoms with van der Waals surface area (Å²) in [6.45, 7) is 1.14. The summed E-state index contributed by atoms with van der Waals surface area (Å²) in [4.78, 5) is 0. The maximum absolute atomic E-state index is 13.0. The Balaban J connectivity index is 4.88. The smallest absolute Gasteiger partial charge is 0.245 e. The summed E-state index contributed by atoms with van der Waals surface area (Å²) in [5.74, 6) is -4.69. The molecule has 2 atom stereocenters. The van der Waals surface area contributed by atoms with Gasteiger partial charge in [-0.25, -0.2) is 9.13 Å². The molecule has 9 heteroatoms. The molecule has 0 rings (SSSR count). The first-order valence-corrected chi connectivity index (χ1v) is 4.78. The number of ether oxygens (including phenoxy) is 1. The number of hydrogen-bond acceptors (Lipinski definition) is 1. The predicted octanol–water partition coefficient (Wildman–Crippen LogP) is 3.96. The molecule has 92 valence electrons. The lowest BCUT2D eigenvalue weighted by atomic mass is 10.1. The van der Waals surface area contributed by atoms with Gasteiger partial charge in [-0.15, -0.1) is 13.2 Å². The summed E-state index contributed by atoms with van der Waals surface area (Å²) in [6, 6.07) is 0. The van der Waals surface area contributed by atoms with Crippen LogP contribution in [0, 0.1) is 0 Å². The van der Waals surface area contributed by atoms with Gasteiger partial charge < -0.3 is 0 Å². The monoisotopic (exact) mass is 354 g/mol. The molecule has 0 saturated carbocycles. The molecule has 0 aliphatic heterocycles. The average molecular weight is 354 g/mol. The molecule has 0 saturated heterocycles. The zero-order valence-electron chi connectivity index (χ0n) is 7.22. The summed E-state index contributed by atoms with van der Waals surface area (Å²) in [5, 5.41) is 0. The van der Waals surface area contributed by atoms with Crippen molar-refractivity contribution in [3.63, 3.8) is 0 Å². The van der Waals surface area contributed by atoms with Crippen LogP contribution in [0.15, 0.2) is 0 Å². The van der Waals surface area contributed by atoms with Gasteiger partial charge in [-0.2, -0.15) is 13.2 Å². The third-order valence-electron chi connectivity index (χ3n) is 1.24. The van der Waals surface area contributed by atoms with E-state index in [0.717, 1.165) is 6.92 Å². The lowest BCUT2D eigenvalue weighted by Crippen LogP contribution is -2.48. The van der Waals surface area contributed by atoms with Crippen LogP contribution in [0.4, 0.5) is 30.7 Å². The summed E-state index contributed by atoms with van der Waals surface area (Å²) < 4.78 is 85.2. The Hall–Kier alpha value is 0.200. The molecular formula is C6H6F7IO. The molecule has 0 unspecified atom stereocenters. The van der Waals surface area contributed by atoms with Crippen molar-refractivity contribution < 1.29 is 35.5 Å². The number of alkyl halides is 8. The lowest BCUT2D eigenvalue weighted by Gasteiger charge is -2.29. The van der Waals surface area contributed by atoms with Crippen molar-refractivity contribution in [2.45, 2.75) is 35.7 Å². The fraction of sp³-hybridized carbons (Fsp3) is 1.00. The van der Waals surface area contributed by atoms with E-state index in [1.165, 1.54) is 22.6 Å². The highest BCUT2D eigenvalue weighted by Gasteiger charge is 2.62. The van der Waals surface area contributed by atoms with Gasteiger partial charge in [-0.3, -0.25) is 0 Å². The molecule has 0 spiro atoms. The number of halogens is 8. The Morgan fingerprint density at radius 1 is 1.07 bits per heavy atom. The lowest BCUT2D eigenvalue weighted by molar-refractivity contribution is -0.448. The highest BCUT2D eigenvalue weighted by molar-refractivity contribution is 14.1. The van der Waals surface area contributed by atoms with E-state index >= 15 is 0 Å². The second-order valence-corrected chi connectivity index (χ2v) is 4.89. The van der Waals surface area contributed by atoms with E-state index in [1.807, 2.05) is 0 Å². The van der Waals surface area contributed by atoms with Crippen molar-refractivity contribution in [2.24, 2.45) is 0 Å². The Kier molecular flexibility index (Phi) is 4.66. The first kappa shape index (κ1) is 15.2. The number of rotatable bonds is 3. The molecule has 0 amide bonds. The van der Waals surface area contributed by atoms with Crippen LogP contribution in [0.25, 0.3) is 0 Å². The molecule has 0 aromatic heterocycles. The molecular weight excluding hydrogens is 348 g/mol. The summed E-state index contributed by atoms with van der Waals surface area (Å²) in [5.41, 5.74) is 0. The third kappa shape index (κ3) is 5.18. The molecule has 0 N–H and O–H groups in total. The van der Waals surface area contributed by atoms with Gasteiger partial charge in [0.05, 0.1) is 0 Å². The SMILES string of the molecule is C[C@@H](I)C[C@@](F)(OC(F)(F)F)C(F)(F)F. The van der Waals surface area contributed by atoms with Crippen LogP contribution in [-0.4, -0.2) is 22.3 Å². The van der Waals surface area contributed by atoms with Crippen LogP contribution in [-0.2, 0) is 4.74 Å². The van der Waals surface area contributed by atoms with Gasteiger partial charge in [0.2, 0.25) is 0 Å². The number of hydrogen-bond donors (Lipinski definition) is 0. The molecule has 15 heavy (non-hydrogen) atoms. The van der Waals surface area contributed by atoms with Crippen molar-refractivity contribution in [1.82, 2.24) is 0 Å². The van der Waals surface area contributed by atoms with Gasteiger partial charge in [-0.1, -0.05) is 29.5 Å². The van der Waals surface area contributed by atoms with Crippen LogP contribution in [0.5, 0.6) is 0 Å². The van der Waals surface area contributed by atoms with Crippen molar-refractivity contribution >= 4 is 22.6 Å². The zero-order chi connectivity index (χ0) is 12.5. The van der Waals surface area contributed by atoms with E-state index < -0.39 is 28.7 Å². The Labute approximate surface area is 94.1 Å². The van der Waals surface area contributed by atoms with Crippen LogP contribution < -0.4 is 0 Å². The first-order chi connectivity index (χ1) is 6.37. The largest absolute Gasteiger partial charge is 0.525 e. The quantitative estimate of drug-likeness (QED) is 0.424. The highest BCUT2D eigenvalue weighted by Crippen LogP contribution is 2.43. The van der Waals surface area contributed by atoms with E-state index in [-0.39, 0.29) is 0 Å². The molecule has 0 aromatic rings. The summed E-state index contributed by atoms with van der Waals surface area (Å²) >= 11 is 1.37. The minimum atomic E-state index is -5.72. The predicted molar refractivity (Wildman–Crippen MR) is 45.1 cm³/mol. The van der Waals surface area contributed by atoms with Gasteiger partial charge in [0.25, 0.3) is 0 Å². The second-order valence-electron chi connectivity index (χ2n) is 2.76. The minimum Gasteiger partial charge on any atom is -0.245 e. The van der Waals surface area contributed by atoms with Crippen molar-refractivity contribution in [3.8, 4) is 0 Å². The topological polar surface area (TPSA) is 9.23 Å². The first-order valence-electron chi connectivity index (χ1n) is 3.54. The maximum Gasteiger partial charge on any atom is 0.525 e. The Morgan fingerprint density at radius 3 is 1.67 bits per heavy atom. The standard InChI is InChI=1S/C6H6F7IO/c1-3(14)2-4(7,5(8,9)10)15-6(11,12)13/h3H,2H2,1H3/t3-,4-/m1/s1. The molecule has 0 fully saturated rings. The third-order valence-corrected chi connectivity index (χ3v) is 1.69. The van der Waals surface area contributed by atoms with Crippen molar-refractivity contribution in [1.29, 1.82) is 0 Å². The molecule has 0 aliphatic rings. The van der Waals surface area contributed by atoms with Crippen LogP contribution in [0.3, 0.4) is 0 Å². The molecule has 1 nitrogen and oxygen atoms in total. The van der Waals surface area contributed by atoms with Gasteiger partial charge >= 0.3 is 18.4 Å². The molecule has 0 radical (unpaired) electrons. The Bertz CT molecular complexity index is 211. The fourth-order valence-electron chi connectivity index (χ4n) is 0.760. The molecule has 0 aromatic carbocycles. The van der Waals surface area contributed by atoms with Crippen molar-refractivity contribution in [3.05, 3.63) is 0 Å². The summed E-state index contributed by atoms with van der Waals surface area (Å²) in [6.07, 6.45) is -12.8. The minimum absolute atomic E-state index is 0.962. The molecule has 0 bridgehead atoms. The molecule has 0 aliphatic carbocycles. The highest BCUT2D eigenvalue weighted by atomic mass is 127. The fourth-order valence-corrected chi connectivity index (χ4v) is 1.33. The van der Waals surface area contributed by atoms with E-state index in [9.17, 15) is 30.7 Å². The van der Waals surface area contributed by atoms with E-state index in [2.05, 4.69) is 4.74 Å². The average Bonchev–Trinajstić information content (AvgIpc) is 1.75. The van der Waals surface area contributed by atoms with Gasteiger partial charge in [0, 0.05) is 10.3 Å². The van der Waals surface area contributed by atoms with E-state index in [1.54, 1.807) is 0 Å². The van der Waals surface area contributed by atoms with Gasteiger partial charge in [-0.05, 0) is 0 Å². The van der Waals surface area contributed by atoms with Crippen molar-refractivity contribution in [2.75, 3.05) is 0 Å². The summed E-state index contributed by atoms with van der Waals surface area (Å²) in [7, 11) is 0. The van der Waals surface area contributed by atoms with Gasteiger partial charge in [0.15, 0.2) is 0 Å². The molecule has 0 heterocycles. The van der Waals surface area contributed by atoms with E-state index in [0.29, 0.717) is 0 Å². The second kappa shape index (κ2) is 4.60. The van der Waals surface area contributed by atoms with Crippen LogP contribution >= 0.6 is 22.6 Å². The normalized spacial score (nSPS) is 19.8.